The number of nitrogens with two attached hydrogens (primary N) is 1. The molecule has 0 unspecified atom stereocenters. The molecule has 2 aromatic carbocycles. The van der Waals surface area contributed by atoms with Gasteiger partial charge in [-0.1, -0.05) is 17.7 Å². The van der Waals surface area contributed by atoms with Crippen LogP contribution in [0, 0.1) is 23.0 Å². The molecule has 2 aromatic heterocycles. The number of hydrogen-bond acceptors (Lipinski definition) is 9. The van der Waals surface area contributed by atoms with Crippen LogP contribution in [0.3, 0.4) is 0 Å². The summed E-state index contributed by atoms with van der Waals surface area (Å²) in [6.45, 7) is 3.88. The van der Waals surface area contributed by atoms with E-state index in [9.17, 15) is 14.4 Å². The largest absolute Gasteiger partial charge is 0.467 e. The third kappa shape index (κ3) is 4.09. The molecule has 200 valence electrons. The van der Waals surface area contributed by atoms with Crippen LogP contribution in [-0.2, 0) is 4.79 Å². The summed E-state index contributed by atoms with van der Waals surface area (Å²) in [7, 11) is 1.39. The van der Waals surface area contributed by atoms with Crippen molar-refractivity contribution in [3.8, 4) is 23.2 Å². The fraction of sp³-hybridized carbons (Fsp3) is 0.308. The van der Waals surface area contributed by atoms with Crippen molar-refractivity contribution in [3.05, 3.63) is 40.4 Å². The maximum absolute atomic E-state index is 16.3. The van der Waals surface area contributed by atoms with Crippen molar-refractivity contribution < 1.29 is 18.3 Å². The molecule has 9 nitrogen and oxygen atoms in total. The highest BCUT2D eigenvalue weighted by Crippen LogP contribution is 2.45. The first kappa shape index (κ1) is 25.5. The number of carbonyl (C=O) groups is 1. The lowest BCUT2D eigenvalue weighted by molar-refractivity contribution is -0.131. The Bertz CT molecular complexity index is 1710. The number of nitriles is 1. The summed E-state index contributed by atoms with van der Waals surface area (Å²) in [5.74, 6) is -0.831. The number of aromatic nitrogens is 2. The Balaban J connectivity index is 1.46. The highest BCUT2D eigenvalue weighted by Gasteiger charge is 2.41. The van der Waals surface area contributed by atoms with Crippen LogP contribution in [0.4, 0.5) is 19.6 Å². The topological polar surface area (TPSA) is 130 Å². The number of benzene rings is 2. The van der Waals surface area contributed by atoms with Crippen LogP contribution in [0.15, 0.2) is 18.2 Å². The fourth-order valence-electron chi connectivity index (χ4n) is 5.10. The Labute approximate surface area is 230 Å². The first-order valence-corrected chi connectivity index (χ1v) is 13.4. The molecule has 0 radical (unpaired) electrons. The van der Waals surface area contributed by atoms with Gasteiger partial charge in [0.05, 0.1) is 22.4 Å². The minimum Gasteiger partial charge on any atom is -0.467 e. The molecule has 2 atom stereocenters. The molecule has 2 aliphatic heterocycles. The lowest BCUT2D eigenvalue weighted by atomic mass is 9.97. The van der Waals surface area contributed by atoms with Crippen molar-refractivity contribution in [2.45, 2.75) is 19.0 Å². The van der Waals surface area contributed by atoms with Crippen LogP contribution in [0.25, 0.3) is 32.1 Å². The molecule has 4 heterocycles. The molecule has 0 aliphatic carbocycles. The van der Waals surface area contributed by atoms with Crippen LogP contribution < -0.4 is 20.7 Å². The van der Waals surface area contributed by atoms with E-state index >= 15 is 4.39 Å². The number of nitrogens with one attached hydrogen (secondary N) is 1. The Morgan fingerprint density at radius 1 is 1.28 bits per heavy atom. The van der Waals surface area contributed by atoms with E-state index in [1.54, 1.807) is 6.07 Å². The number of thiophene rings is 1. The van der Waals surface area contributed by atoms with E-state index in [-0.39, 0.29) is 66.3 Å². The Morgan fingerprint density at radius 3 is 2.64 bits per heavy atom. The summed E-state index contributed by atoms with van der Waals surface area (Å²) in [5.41, 5.74) is 6.20. The highest BCUT2D eigenvalue weighted by atomic mass is 35.5. The van der Waals surface area contributed by atoms with Crippen LogP contribution in [-0.4, -0.2) is 66.1 Å². The molecule has 3 N–H and O–H groups in total. The number of piperazine rings is 1. The highest BCUT2D eigenvalue weighted by molar-refractivity contribution is 7.23. The van der Waals surface area contributed by atoms with Crippen molar-refractivity contribution in [2.75, 3.05) is 43.9 Å². The third-order valence-electron chi connectivity index (χ3n) is 7.21. The molecule has 6 rings (SSSR count). The molecular formula is C26H22ClF2N7O2S. The van der Waals surface area contributed by atoms with E-state index in [1.807, 2.05) is 22.8 Å². The van der Waals surface area contributed by atoms with E-state index in [1.165, 1.54) is 19.2 Å². The standard InChI is InChI=1S/C26H22ClF2N7O2S/c1-11-20(32-11)25(37)36-7-5-35(6-8-36)24-13-9-15(27)18(19(29)21(13)33-26(34-24)38-2)12-3-4-16(28)22-17(12)14(10-30)23(31)39-22/h3-4,9,11,20,32H,5-8,31H2,1-2H3/t11-,20+/m0/s1. The predicted molar refractivity (Wildman–Crippen MR) is 146 cm³/mol. The minimum atomic E-state index is -0.761. The second-order valence-electron chi connectivity index (χ2n) is 9.47. The molecule has 2 saturated heterocycles. The predicted octanol–water partition coefficient (Wildman–Crippen LogP) is 3.91. The minimum absolute atomic E-state index is 0.0309. The van der Waals surface area contributed by atoms with E-state index in [0.717, 1.165) is 11.3 Å². The van der Waals surface area contributed by atoms with Crippen molar-refractivity contribution in [1.29, 1.82) is 5.26 Å². The molecule has 2 aliphatic rings. The van der Waals surface area contributed by atoms with Gasteiger partial charge < -0.3 is 20.3 Å². The second-order valence-corrected chi connectivity index (χ2v) is 10.9. The van der Waals surface area contributed by atoms with Gasteiger partial charge in [-0.15, -0.1) is 11.3 Å². The first-order valence-electron chi connectivity index (χ1n) is 12.2. The van der Waals surface area contributed by atoms with Gasteiger partial charge in [0.2, 0.25) is 5.91 Å². The number of nitrogens with zero attached hydrogens (tertiary/aromatic N) is 5. The lowest BCUT2D eigenvalue weighted by Crippen LogP contribution is -2.50. The molecule has 0 spiro atoms. The molecular weight excluding hydrogens is 548 g/mol. The summed E-state index contributed by atoms with van der Waals surface area (Å²) in [6.07, 6.45) is 0. The maximum atomic E-state index is 16.3. The van der Waals surface area contributed by atoms with E-state index in [2.05, 4.69) is 15.3 Å². The number of amides is 1. The van der Waals surface area contributed by atoms with Crippen LogP contribution in [0.2, 0.25) is 5.02 Å². The number of nitrogen functional groups attached to an aromatic ring is 1. The quantitative estimate of drug-likeness (QED) is 0.354. The number of halogens is 3. The number of rotatable bonds is 4. The van der Waals surface area contributed by atoms with Crippen LogP contribution >= 0.6 is 22.9 Å². The van der Waals surface area contributed by atoms with E-state index < -0.39 is 11.6 Å². The summed E-state index contributed by atoms with van der Waals surface area (Å²) in [5, 5.41) is 13.5. The average molecular weight is 570 g/mol. The lowest BCUT2D eigenvalue weighted by Gasteiger charge is -2.36. The molecule has 13 heteroatoms. The van der Waals surface area contributed by atoms with Gasteiger partial charge in [0, 0.05) is 48.6 Å². The summed E-state index contributed by atoms with van der Waals surface area (Å²) >= 11 is 7.60. The Hall–Kier alpha value is -3.79. The number of hydrogen-bond donors (Lipinski definition) is 2. The molecule has 1 amide bonds. The van der Waals surface area contributed by atoms with E-state index in [0.29, 0.717) is 37.4 Å². The van der Waals surface area contributed by atoms with Gasteiger partial charge in [0.15, 0.2) is 5.82 Å². The summed E-state index contributed by atoms with van der Waals surface area (Å²) in [6, 6.07) is 6.14. The third-order valence-corrected chi connectivity index (χ3v) is 8.54. The first-order chi connectivity index (χ1) is 18.7. The van der Waals surface area contributed by atoms with Crippen molar-refractivity contribution in [3.63, 3.8) is 0 Å². The van der Waals surface area contributed by atoms with Crippen LogP contribution in [0.5, 0.6) is 6.01 Å². The number of carbonyl (C=O) groups excluding carboxylic acids is 1. The second kappa shape index (κ2) is 9.44. The number of fused-ring (bicyclic) bond motifs is 2. The SMILES string of the molecule is COc1nc(N2CCN(C(=O)[C@@H]3N[C@H]3C)CC2)c2cc(Cl)c(-c3ccc(F)c4sc(N)c(C#N)c34)c(F)c2n1. The monoisotopic (exact) mass is 569 g/mol. The van der Waals surface area contributed by atoms with Crippen molar-refractivity contribution >= 4 is 60.7 Å². The zero-order chi connectivity index (χ0) is 27.6. The average Bonchev–Trinajstić information content (AvgIpc) is 3.56. The molecule has 39 heavy (non-hydrogen) atoms. The smallest absolute Gasteiger partial charge is 0.318 e. The number of anilines is 2. The van der Waals surface area contributed by atoms with Crippen molar-refractivity contribution in [1.82, 2.24) is 20.2 Å². The summed E-state index contributed by atoms with van der Waals surface area (Å²) < 4.78 is 36.4. The molecule has 0 saturated carbocycles. The number of ether oxygens (including phenoxy) is 1. The fourth-order valence-corrected chi connectivity index (χ4v) is 6.34. The Morgan fingerprint density at radius 2 is 2.00 bits per heavy atom. The van der Waals surface area contributed by atoms with Crippen LogP contribution in [0.1, 0.15) is 12.5 Å². The molecule has 4 aromatic rings. The normalized spacial score (nSPS) is 19.0. The van der Waals surface area contributed by atoms with Gasteiger partial charge in [-0.3, -0.25) is 10.1 Å². The Kier molecular flexibility index (Phi) is 6.17. The van der Waals surface area contributed by atoms with Gasteiger partial charge in [-0.05, 0) is 24.6 Å². The summed E-state index contributed by atoms with van der Waals surface area (Å²) in [4.78, 5) is 25.2. The number of methoxy groups -OCH3 is 1. The van der Waals surface area contributed by atoms with E-state index in [4.69, 9.17) is 22.1 Å². The van der Waals surface area contributed by atoms with Crippen molar-refractivity contribution in [2.24, 2.45) is 0 Å². The van der Waals surface area contributed by atoms with Gasteiger partial charge in [-0.25, -0.2) is 8.78 Å². The zero-order valence-corrected chi connectivity index (χ0v) is 22.5. The van der Waals surface area contributed by atoms with Gasteiger partial charge >= 0.3 is 6.01 Å². The molecule has 0 bridgehead atoms. The van der Waals surface area contributed by atoms with Gasteiger partial charge in [0.1, 0.15) is 34.3 Å². The molecule has 2 fully saturated rings. The van der Waals surface area contributed by atoms with Gasteiger partial charge in [0.25, 0.3) is 0 Å². The zero-order valence-electron chi connectivity index (χ0n) is 20.9. The maximum Gasteiger partial charge on any atom is 0.318 e. The van der Waals surface area contributed by atoms with Gasteiger partial charge in [-0.2, -0.15) is 15.2 Å².